The summed E-state index contributed by atoms with van der Waals surface area (Å²) in [5.74, 6) is -2.75. The monoisotopic (exact) mass is 232 g/mol. The summed E-state index contributed by atoms with van der Waals surface area (Å²) in [6.07, 6.45) is 4.40. The highest BCUT2D eigenvalue weighted by Gasteiger charge is 2.04. The minimum atomic E-state index is -1.57. The molecule has 0 atom stereocenters. The highest BCUT2D eigenvalue weighted by Crippen LogP contribution is 2.12. The molecule has 0 fully saturated rings. The third-order valence-electron chi connectivity index (χ3n) is 2.16. The molecule has 1 aromatic carbocycles. The first kappa shape index (κ1) is 11.1. The molecule has 86 valence electrons. The third-order valence-corrected chi connectivity index (χ3v) is 2.16. The maximum Gasteiger partial charge on any atom is 0.364 e. The van der Waals surface area contributed by atoms with Crippen LogP contribution in [0.15, 0.2) is 48.6 Å². The number of aliphatic carboxylic acids is 1. The van der Waals surface area contributed by atoms with Crippen molar-refractivity contribution in [3.05, 3.63) is 54.1 Å². The number of carboxylic acid groups (broad SMARTS) is 1. The van der Waals surface area contributed by atoms with Gasteiger partial charge in [0, 0.05) is 12.4 Å². The summed E-state index contributed by atoms with van der Waals surface area (Å²) in [6.45, 7) is 0. The van der Waals surface area contributed by atoms with Crippen LogP contribution in [0.25, 0.3) is 11.8 Å². The number of halogens is 1. The van der Waals surface area contributed by atoms with Gasteiger partial charge in [-0.05, 0) is 29.8 Å². The minimum Gasteiger partial charge on any atom is -0.476 e. The van der Waals surface area contributed by atoms with Gasteiger partial charge in [-0.15, -0.1) is 0 Å². The summed E-state index contributed by atoms with van der Waals surface area (Å²) in [4.78, 5) is 10.3. The highest BCUT2D eigenvalue weighted by atomic mass is 19.1. The third kappa shape index (κ3) is 2.57. The zero-order chi connectivity index (χ0) is 12.3. The Bertz CT molecular complexity index is 544. The number of benzene rings is 1. The first-order valence-electron chi connectivity index (χ1n) is 4.87. The predicted octanol–water partition coefficient (Wildman–Crippen LogP) is 2.27. The topological polar surface area (TPSA) is 55.1 Å². The summed E-state index contributed by atoms with van der Waals surface area (Å²) in [5.41, 5.74) is 1.31. The molecule has 0 radical (unpaired) electrons. The fourth-order valence-corrected chi connectivity index (χ4v) is 1.35. The summed E-state index contributed by atoms with van der Waals surface area (Å²) >= 11 is 0. The van der Waals surface area contributed by atoms with Gasteiger partial charge in [-0.2, -0.15) is 9.49 Å². The van der Waals surface area contributed by atoms with Gasteiger partial charge >= 0.3 is 5.97 Å². The molecule has 0 amide bonds. The zero-order valence-electron chi connectivity index (χ0n) is 8.75. The highest BCUT2D eigenvalue weighted by molar-refractivity contribution is 5.89. The Balaban J connectivity index is 2.25. The van der Waals surface area contributed by atoms with E-state index in [0.717, 1.165) is 11.8 Å². The van der Waals surface area contributed by atoms with Crippen molar-refractivity contribution >= 4 is 12.0 Å². The van der Waals surface area contributed by atoms with E-state index in [1.165, 1.54) is 0 Å². The van der Waals surface area contributed by atoms with E-state index < -0.39 is 11.8 Å². The van der Waals surface area contributed by atoms with Crippen LogP contribution >= 0.6 is 0 Å². The van der Waals surface area contributed by atoms with Gasteiger partial charge < -0.3 is 5.11 Å². The van der Waals surface area contributed by atoms with E-state index in [1.54, 1.807) is 47.4 Å². The molecule has 0 saturated carbocycles. The Hall–Kier alpha value is -2.43. The van der Waals surface area contributed by atoms with Crippen LogP contribution in [0.2, 0.25) is 0 Å². The van der Waals surface area contributed by atoms with Crippen molar-refractivity contribution < 1.29 is 14.3 Å². The van der Waals surface area contributed by atoms with E-state index in [4.69, 9.17) is 5.11 Å². The fraction of sp³-hybridized carbons (Fsp3) is 0. The second kappa shape index (κ2) is 4.61. The Labute approximate surface area is 96.6 Å². The van der Waals surface area contributed by atoms with Crippen LogP contribution in [-0.2, 0) is 4.79 Å². The molecule has 1 N–H and O–H groups in total. The number of rotatable bonds is 3. The molecule has 0 bridgehead atoms. The molecule has 0 saturated heterocycles. The SMILES string of the molecule is O=C(O)C(F)=Cc1ccc(-n2cccn2)cc1. The van der Waals surface area contributed by atoms with Crippen molar-refractivity contribution in [2.24, 2.45) is 0 Å². The molecule has 0 unspecified atom stereocenters. The molecule has 0 spiro atoms. The summed E-state index contributed by atoms with van der Waals surface area (Å²) in [5, 5.41) is 12.4. The Morgan fingerprint density at radius 3 is 2.59 bits per heavy atom. The van der Waals surface area contributed by atoms with E-state index in [0.29, 0.717) is 5.56 Å². The Morgan fingerprint density at radius 2 is 2.06 bits per heavy atom. The van der Waals surface area contributed by atoms with Crippen LogP contribution in [0.3, 0.4) is 0 Å². The number of hydrogen-bond donors (Lipinski definition) is 1. The molecule has 5 heteroatoms. The van der Waals surface area contributed by atoms with Crippen molar-refractivity contribution in [1.29, 1.82) is 0 Å². The van der Waals surface area contributed by atoms with Crippen molar-refractivity contribution in [3.8, 4) is 5.69 Å². The molecule has 4 nitrogen and oxygen atoms in total. The van der Waals surface area contributed by atoms with Crippen molar-refractivity contribution in [2.75, 3.05) is 0 Å². The van der Waals surface area contributed by atoms with E-state index in [9.17, 15) is 9.18 Å². The Morgan fingerprint density at radius 1 is 1.35 bits per heavy atom. The number of carboxylic acids is 1. The first-order chi connectivity index (χ1) is 8.16. The van der Waals surface area contributed by atoms with Crippen LogP contribution in [0.1, 0.15) is 5.56 Å². The van der Waals surface area contributed by atoms with E-state index in [1.807, 2.05) is 0 Å². The lowest BCUT2D eigenvalue weighted by Gasteiger charge is -2.01. The van der Waals surface area contributed by atoms with Gasteiger partial charge in [0.05, 0.1) is 5.69 Å². The standard InChI is InChI=1S/C12H9FN2O2/c13-11(12(16)17)8-9-2-4-10(5-3-9)15-7-1-6-14-15/h1-8H,(H,16,17). The number of carbonyl (C=O) groups is 1. The molecular weight excluding hydrogens is 223 g/mol. The van der Waals surface area contributed by atoms with Crippen LogP contribution < -0.4 is 0 Å². The summed E-state index contributed by atoms with van der Waals surface area (Å²) in [7, 11) is 0. The quantitative estimate of drug-likeness (QED) is 0.826. The van der Waals surface area contributed by atoms with Gasteiger partial charge in [0.1, 0.15) is 0 Å². The smallest absolute Gasteiger partial charge is 0.364 e. The molecule has 1 heterocycles. The van der Waals surface area contributed by atoms with E-state index in [-0.39, 0.29) is 0 Å². The number of aromatic nitrogens is 2. The molecule has 2 rings (SSSR count). The van der Waals surface area contributed by atoms with Crippen molar-refractivity contribution in [3.63, 3.8) is 0 Å². The van der Waals surface area contributed by atoms with Crippen LogP contribution in [0.5, 0.6) is 0 Å². The molecule has 0 aliphatic heterocycles. The average Bonchev–Trinajstić information content (AvgIpc) is 2.83. The summed E-state index contributed by atoms with van der Waals surface area (Å²) < 4.78 is 14.5. The van der Waals surface area contributed by atoms with Gasteiger partial charge in [0.2, 0.25) is 5.83 Å². The number of hydrogen-bond acceptors (Lipinski definition) is 2. The lowest BCUT2D eigenvalue weighted by molar-refractivity contribution is -0.134. The van der Waals surface area contributed by atoms with Gasteiger partial charge in [0.15, 0.2) is 0 Å². The maximum atomic E-state index is 12.8. The van der Waals surface area contributed by atoms with Crippen LogP contribution in [-0.4, -0.2) is 20.9 Å². The normalized spacial score (nSPS) is 11.5. The maximum absolute atomic E-state index is 12.8. The Kier molecular flexibility index (Phi) is 3.00. The van der Waals surface area contributed by atoms with Crippen molar-refractivity contribution in [2.45, 2.75) is 0 Å². The van der Waals surface area contributed by atoms with Gasteiger partial charge in [0.25, 0.3) is 0 Å². The van der Waals surface area contributed by atoms with Gasteiger partial charge in [-0.1, -0.05) is 12.1 Å². The summed E-state index contributed by atoms with van der Waals surface area (Å²) in [6, 6.07) is 8.50. The lowest BCUT2D eigenvalue weighted by Crippen LogP contribution is -1.95. The van der Waals surface area contributed by atoms with Crippen molar-refractivity contribution in [1.82, 2.24) is 9.78 Å². The van der Waals surface area contributed by atoms with Crippen LogP contribution in [0.4, 0.5) is 4.39 Å². The molecule has 17 heavy (non-hydrogen) atoms. The van der Waals surface area contributed by atoms with Crippen LogP contribution in [0, 0.1) is 0 Å². The number of nitrogens with zero attached hydrogens (tertiary/aromatic N) is 2. The van der Waals surface area contributed by atoms with E-state index in [2.05, 4.69) is 5.10 Å². The van der Waals surface area contributed by atoms with Gasteiger partial charge in [-0.25, -0.2) is 9.48 Å². The fourth-order valence-electron chi connectivity index (χ4n) is 1.35. The lowest BCUT2D eigenvalue weighted by atomic mass is 10.2. The molecular formula is C12H9FN2O2. The average molecular weight is 232 g/mol. The largest absolute Gasteiger partial charge is 0.476 e. The molecule has 2 aromatic rings. The second-order valence-corrected chi connectivity index (χ2v) is 3.34. The zero-order valence-corrected chi connectivity index (χ0v) is 8.75. The second-order valence-electron chi connectivity index (χ2n) is 3.34. The first-order valence-corrected chi connectivity index (χ1v) is 4.87. The minimum absolute atomic E-state index is 0.487. The van der Waals surface area contributed by atoms with Gasteiger partial charge in [-0.3, -0.25) is 0 Å². The van der Waals surface area contributed by atoms with E-state index >= 15 is 0 Å². The molecule has 1 aromatic heterocycles. The predicted molar refractivity (Wildman–Crippen MR) is 60.3 cm³/mol. The molecule has 0 aliphatic carbocycles. The molecule has 0 aliphatic rings.